The van der Waals surface area contributed by atoms with E-state index in [-0.39, 0.29) is 6.03 Å². The Morgan fingerprint density at radius 2 is 1.88 bits per heavy atom. The van der Waals surface area contributed by atoms with Crippen LogP contribution in [-0.2, 0) is 0 Å². The number of nitrogens with zero attached hydrogens (tertiary/aromatic N) is 1. The van der Waals surface area contributed by atoms with Gasteiger partial charge >= 0.3 is 6.03 Å². The normalized spacial score (nSPS) is 24.7. The number of hydrogen-bond donors (Lipinski definition) is 3. The zero-order chi connectivity index (χ0) is 12.7. The Bertz CT molecular complexity index is 232. The van der Waals surface area contributed by atoms with E-state index in [9.17, 15) is 4.79 Å². The molecule has 0 unspecified atom stereocenters. The summed E-state index contributed by atoms with van der Waals surface area (Å²) in [6.07, 6.45) is 4.43. The Morgan fingerprint density at radius 1 is 1.29 bits per heavy atom. The first kappa shape index (κ1) is 15.7. The molecule has 0 saturated heterocycles. The quantitative estimate of drug-likeness (QED) is 0.429. The van der Waals surface area contributed by atoms with E-state index < -0.39 is 0 Å². The van der Waals surface area contributed by atoms with Gasteiger partial charge in [-0.1, -0.05) is 0 Å². The van der Waals surface area contributed by atoms with Gasteiger partial charge in [-0.2, -0.15) is 0 Å². The summed E-state index contributed by atoms with van der Waals surface area (Å²) in [7, 11) is 1.98. The Hall–Kier alpha value is 0.650. The lowest BCUT2D eigenvalue weighted by molar-refractivity contribution is 0.230. The average molecular weight is 466 g/mol. The molecule has 1 rings (SSSR count). The first-order chi connectivity index (χ1) is 8.11. The van der Waals surface area contributed by atoms with Crippen LogP contribution in [0.4, 0.5) is 4.79 Å². The van der Waals surface area contributed by atoms with Crippen LogP contribution < -0.4 is 14.2 Å². The molecule has 0 aromatic rings. The molecule has 1 saturated carbocycles. The highest BCUT2D eigenvalue weighted by Crippen LogP contribution is 2.19. The van der Waals surface area contributed by atoms with E-state index in [0.717, 1.165) is 32.2 Å². The van der Waals surface area contributed by atoms with Gasteiger partial charge in [-0.25, -0.2) is 7.91 Å². The van der Waals surface area contributed by atoms with Crippen LogP contribution in [0.15, 0.2) is 0 Å². The number of rotatable bonds is 5. The van der Waals surface area contributed by atoms with E-state index in [1.54, 1.807) is 0 Å². The molecule has 1 aliphatic rings. The van der Waals surface area contributed by atoms with Crippen molar-refractivity contribution >= 4 is 51.8 Å². The smallest absolute Gasteiger partial charge is 0.315 e. The number of urea groups is 1. The molecule has 2 amide bonds. The van der Waals surface area contributed by atoms with Crippen molar-refractivity contribution in [2.45, 2.75) is 37.8 Å². The Kier molecular flexibility index (Phi) is 8.04. The van der Waals surface area contributed by atoms with Gasteiger partial charge < -0.3 is 10.6 Å². The maximum Gasteiger partial charge on any atom is 0.315 e. The second-order valence-electron chi connectivity index (χ2n) is 4.39. The summed E-state index contributed by atoms with van der Waals surface area (Å²) >= 11 is 4.41. The van der Waals surface area contributed by atoms with Gasteiger partial charge in [0.15, 0.2) is 0 Å². The van der Waals surface area contributed by atoms with Crippen LogP contribution in [0.5, 0.6) is 0 Å². The van der Waals surface area contributed by atoms with Crippen molar-refractivity contribution in [1.82, 2.24) is 17.3 Å². The standard InChI is InChI=1S/C10H20I2N4O/c1-16(12)7-6-13-10(17)14-8-2-4-9(15-11)5-3-8/h8-9,15H,2-7H2,1H3,(H2,13,14,17)/t8-,9-. The summed E-state index contributed by atoms with van der Waals surface area (Å²) in [6, 6.07) is 0.923. The third-order valence-corrected chi connectivity index (χ3v) is 4.29. The summed E-state index contributed by atoms with van der Waals surface area (Å²) in [4.78, 5) is 11.6. The van der Waals surface area contributed by atoms with E-state index in [0.29, 0.717) is 18.6 Å². The molecule has 7 heteroatoms. The monoisotopic (exact) mass is 466 g/mol. The van der Waals surface area contributed by atoms with Crippen LogP contribution in [0.25, 0.3) is 0 Å². The SMILES string of the molecule is CN(I)CCNC(=O)N[C@H]1CC[C@H](NI)CC1. The maximum absolute atomic E-state index is 11.6. The minimum Gasteiger partial charge on any atom is -0.337 e. The van der Waals surface area contributed by atoms with Crippen molar-refractivity contribution in [2.75, 3.05) is 20.1 Å². The second kappa shape index (κ2) is 8.70. The second-order valence-corrected chi connectivity index (χ2v) is 6.66. The molecule has 0 aromatic carbocycles. The minimum atomic E-state index is -0.0332. The van der Waals surface area contributed by atoms with Crippen molar-refractivity contribution in [3.8, 4) is 0 Å². The third-order valence-electron chi connectivity index (χ3n) is 2.92. The summed E-state index contributed by atoms with van der Waals surface area (Å²) in [5.41, 5.74) is 0. The van der Waals surface area contributed by atoms with E-state index in [2.05, 4.69) is 59.9 Å². The summed E-state index contributed by atoms with van der Waals surface area (Å²) in [5, 5.41) is 5.91. The molecule has 5 nitrogen and oxygen atoms in total. The first-order valence-corrected chi connectivity index (χ1v) is 7.93. The number of likely N-dealkylation sites (N-methyl/N-ethyl adjacent to an activating group) is 1. The highest BCUT2D eigenvalue weighted by molar-refractivity contribution is 14.1. The van der Waals surface area contributed by atoms with E-state index in [1.807, 2.05) is 10.2 Å². The van der Waals surface area contributed by atoms with E-state index in [1.165, 1.54) is 0 Å². The van der Waals surface area contributed by atoms with Gasteiger partial charge in [0.1, 0.15) is 0 Å². The predicted octanol–water partition coefficient (Wildman–Crippen LogP) is 1.82. The van der Waals surface area contributed by atoms with Gasteiger partial charge in [-0.05, 0) is 32.7 Å². The summed E-state index contributed by atoms with van der Waals surface area (Å²) in [5.74, 6) is 0. The molecule has 17 heavy (non-hydrogen) atoms. The number of nitrogens with one attached hydrogen (secondary N) is 3. The Labute approximate surface area is 131 Å². The summed E-state index contributed by atoms with van der Waals surface area (Å²) in [6.45, 7) is 1.55. The fourth-order valence-corrected chi connectivity index (χ4v) is 2.77. The fourth-order valence-electron chi connectivity index (χ4n) is 1.91. The average Bonchev–Trinajstić information content (AvgIpc) is 2.29. The molecule has 1 fully saturated rings. The van der Waals surface area contributed by atoms with E-state index >= 15 is 0 Å². The molecule has 0 radical (unpaired) electrons. The first-order valence-electron chi connectivity index (χ1n) is 5.89. The highest BCUT2D eigenvalue weighted by atomic mass is 127. The van der Waals surface area contributed by atoms with Crippen LogP contribution in [0, 0.1) is 0 Å². The molecule has 0 aromatic heterocycles. The number of carbonyl (C=O) groups is 1. The lowest BCUT2D eigenvalue weighted by atomic mass is 9.92. The zero-order valence-electron chi connectivity index (χ0n) is 10.0. The van der Waals surface area contributed by atoms with Crippen molar-refractivity contribution in [1.29, 1.82) is 0 Å². The molecule has 0 bridgehead atoms. The predicted molar refractivity (Wildman–Crippen MR) is 86.4 cm³/mol. The summed E-state index contributed by atoms with van der Waals surface area (Å²) < 4.78 is 5.28. The van der Waals surface area contributed by atoms with Crippen molar-refractivity contribution in [3.05, 3.63) is 0 Å². The zero-order valence-corrected chi connectivity index (χ0v) is 14.3. The fraction of sp³-hybridized carbons (Fsp3) is 0.900. The van der Waals surface area contributed by atoms with Gasteiger partial charge in [0, 0.05) is 70.9 Å². The Morgan fingerprint density at radius 3 is 2.41 bits per heavy atom. The largest absolute Gasteiger partial charge is 0.337 e. The van der Waals surface area contributed by atoms with Gasteiger partial charge in [0.2, 0.25) is 0 Å². The van der Waals surface area contributed by atoms with Gasteiger partial charge in [-0.3, -0.25) is 3.53 Å². The Balaban J connectivity index is 2.10. The topological polar surface area (TPSA) is 56.4 Å². The molecule has 100 valence electrons. The number of amides is 2. The molecular formula is C10H20I2N4O. The van der Waals surface area contributed by atoms with Crippen molar-refractivity contribution in [2.24, 2.45) is 0 Å². The van der Waals surface area contributed by atoms with Crippen molar-refractivity contribution < 1.29 is 4.79 Å². The molecule has 3 N–H and O–H groups in total. The molecular weight excluding hydrogens is 446 g/mol. The van der Waals surface area contributed by atoms with Crippen LogP contribution in [0.3, 0.4) is 0 Å². The molecule has 0 atom stereocenters. The number of carbonyl (C=O) groups excluding carboxylic acids is 1. The van der Waals surface area contributed by atoms with Crippen LogP contribution in [-0.4, -0.2) is 41.4 Å². The number of hydrogen-bond acceptors (Lipinski definition) is 3. The van der Waals surface area contributed by atoms with Gasteiger partial charge in [0.05, 0.1) is 0 Å². The third kappa shape index (κ3) is 6.97. The molecule has 0 spiro atoms. The molecule has 0 aliphatic heterocycles. The van der Waals surface area contributed by atoms with Crippen LogP contribution in [0.1, 0.15) is 25.7 Å². The molecule has 0 heterocycles. The maximum atomic E-state index is 11.6. The van der Waals surface area contributed by atoms with Gasteiger partial charge in [-0.15, -0.1) is 0 Å². The highest BCUT2D eigenvalue weighted by Gasteiger charge is 2.21. The molecule has 1 aliphatic carbocycles. The van der Waals surface area contributed by atoms with Crippen LogP contribution >= 0.6 is 45.7 Å². The van der Waals surface area contributed by atoms with Crippen LogP contribution in [0.2, 0.25) is 0 Å². The lowest BCUT2D eigenvalue weighted by Gasteiger charge is -2.28. The minimum absolute atomic E-state index is 0.0332. The lowest BCUT2D eigenvalue weighted by Crippen LogP contribution is -2.46. The number of halogens is 2. The van der Waals surface area contributed by atoms with Crippen molar-refractivity contribution in [3.63, 3.8) is 0 Å². The van der Waals surface area contributed by atoms with E-state index in [4.69, 9.17) is 0 Å². The van der Waals surface area contributed by atoms with Gasteiger partial charge in [0.25, 0.3) is 0 Å².